The van der Waals surface area contributed by atoms with Gasteiger partial charge in [0.15, 0.2) is 6.29 Å². The maximum Gasteiger partial charge on any atom is 0.276 e. The molecule has 1 saturated heterocycles. The second-order valence-corrected chi connectivity index (χ2v) is 12.9. The fourth-order valence-corrected chi connectivity index (χ4v) is 5.30. The Morgan fingerprint density at radius 1 is 0.952 bits per heavy atom. The number of aliphatic hydroxyl groups excluding tert-OH is 1. The molecule has 4 aromatic carbocycles. The highest BCUT2D eigenvalue weighted by molar-refractivity contribution is 6.76. The van der Waals surface area contributed by atoms with Crippen LogP contribution in [-0.4, -0.2) is 39.4 Å². The topological polar surface area (TPSA) is 71.0 Å². The Hall–Kier alpha value is -2.68. The van der Waals surface area contributed by atoms with Crippen LogP contribution in [0, 0.1) is 0 Å². The molecule has 2 N–H and O–H groups in total. The number of nitrogens with one attached hydrogen (secondary N) is 1. The number of aliphatic hydroxyl groups is 1. The lowest BCUT2D eigenvalue weighted by atomic mass is 9.98. The van der Waals surface area contributed by atoms with E-state index in [1.807, 2.05) is 36.4 Å². The molecule has 0 saturated carbocycles. The summed E-state index contributed by atoms with van der Waals surface area (Å²) in [6, 6.07) is 30.1. The highest BCUT2D eigenvalue weighted by Crippen LogP contribution is 2.39. The molecule has 1 aliphatic rings. The third-order valence-corrected chi connectivity index (χ3v) is 8.24. The summed E-state index contributed by atoms with van der Waals surface area (Å²) < 4.78 is 10.9. The van der Waals surface area contributed by atoms with Gasteiger partial charge < -0.3 is 19.9 Å². The third-order valence-electron chi connectivity index (χ3n) is 7.72. The van der Waals surface area contributed by atoms with E-state index in [-0.39, 0.29) is 24.9 Å². The van der Waals surface area contributed by atoms with Crippen LogP contribution in [0.4, 0.5) is 5.69 Å². The van der Waals surface area contributed by atoms with Gasteiger partial charge in [0.1, 0.15) is 0 Å². The minimum absolute atomic E-state index is 0.0151. The van der Waals surface area contributed by atoms with Crippen molar-refractivity contribution in [1.29, 1.82) is 0 Å². The van der Waals surface area contributed by atoms with E-state index >= 15 is 0 Å². The molecule has 220 valence electrons. The highest BCUT2D eigenvalue weighted by Gasteiger charge is 2.34. The average Bonchev–Trinajstić information content (AvgIpc) is 3.00. The molecule has 0 bridgehead atoms. The number of anilines is 1. The zero-order valence-electron chi connectivity index (χ0n) is 23.3. The molecule has 1 aliphatic heterocycles. The van der Waals surface area contributed by atoms with Crippen molar-refractivity contribution in [3.63, 3.8) is 0 Å². The van der Waals surface area contributed by atoms with Crippen LogP contribution in [0.2, 0.25) is 0 Å². The van der Waals surface area contributed by atoms with Crippen molar-refractivity contribution in [2.45, 2.75) is 48.3 Å². The second kappa shape index (κ2) is 13.3. The number of hydrogen-bond donors (Lipinski definition) is 2. The Bertz CT molecular complexity index is 1510. The predicted molar refractivity (Wildman–Crippen MR) is 169 cm³/mol. The number of alkyl halides is 3. The van der Waals surface area contributed by atoms with Crippen molar-refractivity contribution in [2.24, 2.45) is 0 Å². The molecular formula is C33H33Cl3N2O4. The van der Waals surface area contributed by atoms with Crippen LogP contribution < -0.4 is 5.32 Å². The van der Waals surface area contributed by atoms with Gasteiger partial charge in [0.2, 0.25) is 0 Å². The molecule has 5 rings (SSSR count). The summed E-state index contributed by atoms with van der Waals surface area (Å²) in [5, 5.41) is 14.5. The van der Waals surface area contributed by atoms with Crippen LogP contribution in [0.25, 0.3) is 10.8 Å². The molecule has 0 radical (unpaired) electrons. The van der Waals surface area contributed by atoms with E-state index in [0.29, 0.717) is 18.7 Å². The van der Waals surface area contributed by atoms with Gasteiger partial charge in [-0.3, -0.25) is 9.69 Å². The lowest BCUT2D eigenvalue weighted by Crippen LogP contribution is -2.38. The van der Waals surface area contributed by atoms with E-state index in [9.17, 15) is 9.90 Å². The van der Waals surface area contributed by atoms with E-state index in [1.54, 1.807) is 12.1 Å². The van der Waals surface area contributed by atoms with Gasteiger partial charge in [-0.05, 0) is 59.6 Å². The van der Waals surface area contributed by atoms with Crippen molar-refractivity contribution in [3.05, 3.63) is 113 Å². The molecule has 0 aromatic heterocycles. The van der Waals surface area contributed by atoms with Crippen molar-refractivity contribution < 1.29 is 19.4 Å². The van der Waals surface area contributed by atoms with Gasteiger partial charge in [0.25, 0.3) is 9.70 Å². The number of nitrogens with zero attached hydrogens (tertiary/aromatic N) is 1. The van der Waals surface area contributed by atoms with E-state index < -0.39 is 16.0 Å². The molecule has 1 amide bonds. The van der Waals surface area contributed by atoms with E-state index in [2.05, 4.69) is 66.7 Å². The van der Waals surface area contributed by atoms with Gasteiger partial charge in [0.05, 0.1) is 18.8 Å². The molecule has 9 heteroatoms. The quantitative estimate of drug-likeness (QED) is 0.195. The summed E-state index contributed by atoms with van der Waals surface area (Å²) in [5.41, 5.74) is 4.39. The van der Waals surface area contributed by atoms with Crippen molar-refractivity contribution in [3.8, 4) is 0 Å². The predicted octanol–water partition coefficient (Wildman–Crippen LogP) is 7.88. The zero-order valence-corrected chi connectivity index (χ0v) is 25.6. The summed E-state index contributed by atoms with van der Waals surface area (Å²) in [5.74, 6) is -0.736. The van der Waals surface area contributed by atoms with Gasteiger partial charge in [-0.1, -0.05) is 108 Å². The molecule has 42 heavy (non-hydrogen) atoms. The normalized spacial score (nSPS) is 20.0. The molecule has 6 nitrogen and oxygen atoms in total. The maximum absolute atomic E-state index is 12.1. The van der Waals surface area contributed by atoms with E-state index in [1.165, 1.54) is 16.3 Å². The first-order chi connectivity index (χ1) is 20.1. The Labute approximate surface area is 261 Å². The minimum Gasteiger partial charge on any atom is -0.392 e. The number of fused-ring (bicyclic) bond motifs is 1. The number of rotatable bonds is 8. The monoisotopic (exact) mass is 626 g/mol. The Morgan fingerprint density at radius 2 is 1.62 bits per heavy atom. The SMILES string of the molecule is C[C@H](c1ccc2ccccc2c1)N(C)C[C@H]1C[C@@H](c2ccc(CO)cc2)O[C@@H](c2ccc(NC(=O)C(Cl)(Cl)Cl)cc2)O1. The lowest BCUT2D eigenvalue weighted by Gasteiger charge is -2.39. The molecule has 0 unspecified atom stereocenters. The zero-order chi connectivity index (χ0) is 29.9. The number of hydrogen-bond acceptors (Lipinski definition) is 5. The van der Waals surface area contributed by atoms with Crippen LogP contribution in [0.15, 0.2) is 91.0 Å². The van der Waals surface area contributed by atoms with Gasteiger partial charge in [-0.2, -0.15) is 0 Å². The lowest BCUT2D eigenvalue weighted by molar-refractivity contribution is -0.253. The van der Waals surface area contributed by atoms with E-state index in [4.69, 9.17) is 44.3 Å². The second-order valence-electron chi connectivity index (χ2n) is 10.6. The Morgan fingerprint density at radius 3 is 2.29 bits per heavy atom. The van der Waals surface area contributed by atoms with Crippen molar-refractivity contribution >= 4 is 57.2 Å². The smallest absolute Gasteiger partial charge is 0.276 e. The summed E-state index contributed by atoms with van der Waals surface area (Å²) in [6.45, 7) is 2.88. The first kappa shape index (κ1) is 30.8. The number of amides is 1. The molecule has 4 aromatic rings. The van der Waals surface area contributed by atoms with E-state index in [0.717, 1.165) is 16.7 Å². The maximum atomic E-state index is 12.1. The van der Waals surface area contributed by atoms with Crippen LogP contribution in [0.5, 0.6) is 0 Å². The van der Waals surface area contributed by atoms with Crippen LogP contribution in [0.1, 0.15) is 54.0 Å². The molecule has 0 spiro atoms. The van der Waals surface area contributed by atoms with Crippen LogP contribution in [0.3, 0.4) is 0 Å². The number of benzene rings is 4. The van der Waals surface area contributed by atoms with Gasteiger partial charge in [-0.25, -0.2) is 0 Å². The number of carbonyl (C=O) groups is 1. The molecular weight excluding hydrogens is 595 g/mol. The molecule has 1 heterocycles. The summed E-state index contributed by atoms with van der Waals surface area (Å²) in [7, 11) is 2.11. The largest absolute Gasteiger partial charge is 0.392 e. The highest BCUT2D eigenvalue weighted by atomic mass is 35.6. The fraction of sp³-hybridized carbons (Fsp3) is 0.303. The van der Waals surface area contributed by atoms with Gasteiger partial charge in [-0.15, -0.1) is 0 Å². The molecule has 1 fully saturated rings. The number of halogens is 3. The Kier molecular flexibility index (Phi) is 9.75. The summed E-state index contributed by atoms with van der Waals surface area (Å²) in [6.07, 6.45) is -0.299. The van der Waals surface area contributed by atoms with Crippen LogP contribution >= 0.6 is 34.8 Å². The van der Waals surface area contributed by atoms with Crippen molar-refractivity contribution in [1.82, 2.24) is 4.90 Å². The van der Waals surface area contributed by atoms with Gasteiger partial charge >= 0.3 is 0 Å². The minimum atomic E-state index is -2.06. The molecule has 4 atom stereocenters. The number of likely N-dealkylation sites (N-methyl/N-ethyl adjacent to an activating group) is 1. The number of ether oxygens (including phenoxy) is 2. The fourth-order valence-electron chi connectivity index (χ4n) is 5.16. The average molecular weight is 628 g/mol. The first-order valence-electron chi connectivity index (χ1n) is 13.8. The molecule has 0 aliphatic carbocycles. The van der Waals surface area contributed by atoms with Gasteiger partial charge in [0, 0.05) is 30.3 Å². The standard InChI is InChI=1S/C33H33Cl3N2O4/c1-21(26-12-11-23-5-3-4-6-27(23)17-26)38(2)19-29-18-30(24-9-7-22(20-39)8-10-24)42-31(41-29)25-13-15-28(16-14-25)37-32(40)33(34,35)36/h3-17,21,29-31,39H,18-20H2,1-2H3,(H,37,40)/t21-,29-,30+,31+/m1/s1. The van der Waals surface area contributed by atoms with Crippen molar-refractivity contribution in [2.75, 3.05) is 18.9 Å². The van der Waals surface area contributed by atoms with Crippen LogP contribution in [-0.2, 0) is 20.9 Å². The Balaban J connectivity index is 1.34. The summed E-state index contributed by atoms with van der Waals surface area (Å²) in [4.78, 5) is 14.4. The number of carbonyl (C=O) groups excluding carboxylic acids is 1. The third kappa shape index (κ3) is 7.44. The summed E-state index contributed by atoms with van der Waals surface area (Å²) >= 11 is 17.1. The first-order valence-corrected chi connectivity index (χ1v) is 14.9.